The maximum absolute atomic E-state index is 12.8. The fourth-order valence-corrected chi connectivity index (χ4v) is 3.35. The lowest BCUT2D eigenvalue weighted by Crippen LogP contribution is -2.45. The first-order valence-corrected chi connectivity index (χ1v) is 9.64. The molecule has 1 heterocycles. The monoisotopic (exact) mass is 414 g/mol. The summed E-state index contributed by atoms with van der Waals surface area (Å²) in [6, 6.07) is 3.60. The summed E-state index contributed by atoms with van der Waals surface area (Å²) in [5, 5.41) is 0. The molecule has 0 unspecified atom stereocenters. The third-order valence-electron chi connectivity index (χ3n) is 4.73. The predicted octanol–water partition coefficient (Wildman–Crippen LogP) is 4.04. The van der Waals surface area contributed by atoms with E-state index in [1.807, 2.05) is 0 Å². The van der Waals surface area contributed by atoms with Crippen molar-refractivity contribution in [3.05, 3.63) is 24.3 Å². The predicted molar refractivity (Wildman–Crippen MR) is 100 cm³/mol. The van der Waals surface area contributed by atoms with E-state index in [9.17, 15) is 27.6 Å². The number of imide groups is 1. The van der Waals surface area contributed by atoms with Gasteiger partial charge in [0.05, 0.1) is 12.1 Å². The number of rotatable bonds is 9. The van der Waals surface area contributed by atoms with Gasteiger partial charge in [0.25, 0.3) is 5.91 Å². The minimum atomic E-state index is -4.83. The zero-order valence-corrected chi connectivity index (χ0v) is 16.5. The summed E-state index contributed by atoms with van der Waals surface area (Å²) in [5.41, 5.74) is 0.142. The van der Waals surface area contributed by atoms with E-state index in [0.29, 0.717) is 6.54 Å². The van der Waals surface area contributed by atoms with Gasteiger partial charge in [-0.3, -0.25) is 14.4 Å². The molecule has 0 saturated carbocycles. The molecule has 0 aliphatic carbocycles. The molecule has 1 aromatic rings. The Labute approximate surface area is 167 Å². The van der Waals surface area contributed by atoms with Crippen LogP contribution in [0.15, 0.2) is 24.3 Å². The van der Waals surface area contributed by atoms with Crippen molar-refractivity contribution >= 4 is 23.4 Å². The quantitative estimate of drug-likeness (QED) is 0.452. The maximum Gasteiger partial charge on any atom is 0.573 e. The lowest BCUT2D eigenvalue weighted by atomic mass is 10.1. The van der Waals surface area contributed by atoms with Crippen molar-refractivity contribution in [1.82, 2.24) is 4.90 Å². The smallest absolute Gasteiger partial charge is 0.406 e. The van der Waals surface area contributed by atoms with Crippen LogP contribution in [0, 0.1) is 0 Å². The highest BCUT2D eigenvalue weighted by Crippen LogP contribution is 2.29. The molecular weight excluding hydrogens is 389 g/mol. The van der Waals surface area contributed by atoms with Crippen molar-refractivity contribution in [2.24, 2.45) is 0 Å². The first kappa shape index (κ1) is 22.7. The Morgan fingerprint density at radius 2 is 1.76 bits per heavy atom. The molecule has 160 valence electrons. The largest absolute Gasteiger partial charge is 0.573 e. The second-order valence-corrected chi connectivity index (χ2v) is 6.96. The number of alkyl halides is 3. The van der Waals surface area contributed by atoms with E-state index in [-0.39, 0.29) is 18.0 Å². The summed E-state index contributed by atoms with van der Waals surface area (Å²) < 4.78 is 40.6. The molecule has 9 heteroatoms. The number of nitrogens with zero attached hydrogens (tertiary/aromatic N) is 2. The molecule has 1 saturated heterocycles. The molecule has 1 aromatic carbocycles. The Morgan fingerprint density at radius 3 is 2.31 bits per heavy atom. The molecule has 0 bridgehead atoms. The van der Waals surface area contributed by atoms with Gasteiger partial charge in [-0.25, -0.2) is 4.90 Å². The molecular formula is C20H25F3N2O4. The standard InChI is InChI=1S/C20H25F3N2O4/c1-3-4-5-6-7-12-24(14(2)26)17-13-18(27)25(19(17)28)15-8-10-16(11-9-15)29-20(21,22)23/h8-11,17H,3-7,12-13H2,1-2H3/t17-/m1/s1. The van der Waals surface area contributed by atoms with Crippen molar-refractivity contribution in [3.63, 3.8) is 0 Å². The van der Waals surface area contributed by atoms with Gasteiger partial charge in [0.2, 0.25) is 11.8 Å². The zero-order valence-electron chi connectivity index (χ0n) is 16.5. The first-order chi connectivity index (χ1) is 13.6. The molecule has 0 aromatic heterocycles. The van der Waals surface area contributed by atoms with Gasteiger partial charge in [-0.1, -0.05) is 32.6 Å². The summed E-state index contributed by atoms with van der Waals surface area (Å²) in [7, 11) is 0. The fourth-order valence-electron chi connectivity index (χ4n) is 3.35. The number of ether oxygens (including phenoxy) is 1. The maximum atomic E-state index is 12.8. The van der Waals surface area contributed by atoms with Gasteiger partial charge in [-0.05, 0) is 30.7 Å². The Kier molecular flexibility index (Phi) is 7.64. The average molecular weight is 414 g/mol. The van der Waals surface area contributed by atoms with Crippen LogP contribution in [0.4, 0.5) is 18.9 Å². The molecule has 0 spiro atoms. The molecule has 3 amide bonds. The van der Waals surface area contributed by atoms with Gasteiger partial charge in [0, 0.05) is 13.5 Å². The van der Waals surface area contributed by atoms with E-state index in [4.69, 9.17) is 0 Å². The number of unbranched alkanes of at least 4 members (excludes halogenated alkanes) is 4. The number of anilines is 1. The molecule has 0 radical (unpaired) electrons. The van der Waals surface area contributed by atoms with Gasteiger partial charge in [-0.15, -0.1) is 13.2 Å². The molecule has 6 nitrogen and oxygen atoms in total. The molecule has 29 heavy (non-hydrogen) atoms. The normalized spacial score (nSPS) is 17.0. The molecule has 2 rings (SSSR count). The molecule has 1 atom stereocenters. The van der Waals surface area contributed by atoms with Gasteiger partial charge in [-0.2, -0.15) is 0 Å². The Morgan fingerprint density at radius 1 is 1.14 bits per heavy atom. The number of benzene rings is 1. The van der Waals surface area contributed by atoms with Gasteiger partial charge >= 0.3 is 6.36 Å². The lowest BCUT2D eigenvalue weighted by molar-refractivity contribution is -0.274. The number of carbonyl (C=O) groups is 3. The highest BCUT2D eigenvalue weighted by Gasteiger charge is 2.43. The van der Waals surface area contributed by atoms with E-state index >= 15 is 0 Å². The Bertz CT molecular complexity index is 734. The summed E-state index contributed by atoms with van der Waals surface area (Å²) >= 11 is 0. The van der Waals surface area contributed by atoms with Crippen molar-refractivity contribution < 1.29 is 32.3 Å². The zero-order chi connectivity index (χ0) is 21.6. The van der Waals surface area contributed by atoms with Crippen molar-refractivity contribution in [2.45, 2.75) is 64.8 Å². The minimum absolute atomic E-state index is 0.142. The SMILES string of the molecule is CCCCCCCN(C(C)=O)[C@@H]1CC(=O)N(c2ccc(OC(F)(F)F)cc2)C1=O. The van der Waals surface area contributed by atoms with Crippen LogP contribution in [0.2, 0.25) is 0 Å². The van der Waals surface area contributed by atoms with Crippen LogP contribution >= 0.6 is 0 Å². The van der Waals surface area contributed by atoms with Crippen molar-refractivity contribution in [2.75, 3.05) is 11.4 Å². The first-order valence-electron chi connectivity index (χ1n) is 9.64. The number of hydrogen-bond acceptors (Lipinski definition) is 4. The lowest BCUT2D eigenvalue weighted by Gasteiger charge is -2.26. The second-order valence-electron chi connectivity index (χ2n) is 6.96. The summed E-state index contributed by atoms with van der Waals surface area (Å²) in [6.07, 6.45) is -0.0775. The topological polar surface area (TPSA) is 66.9 Å². The third kappa shape index (κ3) is 6.20. The van der Waals surface area contributed by atoms with E-state index < -0.39 is 30.0 Å². The van der Waals surface area contributed by atoms with Crippen LogP contribution < -0.4 is 9.64 Å². The minimum Gasteiger partial charge on any atom is -0.406 e. The number of amides is 3. The van der Waals surface area contributed by atoms with Gasteiger partial charge < -0.3 is 9.64 Å². The van der Waals surface area contributed by atoms with Gasteiger partial charge in [0.15, 0.2) is 0 Å². The van der Waals surface area contributed by atoms with E-state index in [1.165, 1.54) is 24.0 Å². The van der Waals surface area contributed by atoms with Crippen LogP contribution in [-0.2, 0) is 14.4 Å². The van der Waals surface area contributed by atoms with Gasteiger partial charge in [0.1, 0.15) is 11.8 Å². The molecule has 1 aliphatic heterocycles. The summed E-state index contributed by atoms with van der Waals surface area (Å²) in [4.78, 5) is 39.6. The summed E-state index contributed by atoms with van der Waals surface area (Å²) in [6.45, 7) is 3.84. The molecule has 1 aliphatic rings. The van der Waals surface area contributed by atoms with Crippen molar-refractivity contribution in [1.29, 1.82) is 0 Å². The average Bonchev–Trinajstić information content (AvgIpc) is 2.91. The van der Waals surface area contributed by atoms with Crippen LogP contribution in [0.3, 0.4) is 0 Å². The third-order valence-corrected chi connectivity index (χ3v) is 4.73. The second kappa shape index (κ2) is 9.76. The van der Waals surface area contributed by atoms with E-state index in [2.05, 4.69) is 11.7 Å². The van der Waals surface area contributed by atoms with Crippen LogP contribution in [-0.4, -0.2) is 41.6 Å². The molecule has 1 fully saturated rings. The Balaban J connectivity index is 2.08. The van der Waals surface area contributed by atoms with E-state index in [0.717, 1.165) is 49.1 Å². The molecule has 0 N–H and O–H groups in total. The fraction of sp³-hybridized carbons (Fsp3) is 0.550. The Hall–Kier alpha value is -2.58. The van der Waals surface area contributed by atoms with Crippen molar-refractivity contribution in [3.8, 4) is 5.75 Å². The van der Waals surface area contributed by atoms with Crippen LogP contribution in [0.25, 0.3) is 0 Å². The van der Waals surface area contributed by atoms with E-state index in [1.54, 1.807) is 0 Å². The summed E-state index contributed by atoms with van der Waals surface area (Å²) in [5.74, 6) is -1.79. The number of halogens is 3. The van der Waals surface area contributed by atoms with Crippen LogP contribution in [0.5, 0.6) is 5.75 Å². The number of carbonyl (C=O) groups excluding carboxylic acids is 3. The highest BCUT2D eigenvalue weighted by atomic mass is 19.4. The van der Waals surface area contributed by atoms with Crippen LogP contribution in [0.1, 0.15) is 52.4 Å². The highest BCUT2D eigenvalue weighted by molar-refractivity contribution is 6.23. The number of hydrogen-bond donors (Lipinski definition) is 0.